The highest BCUT2D eigenvalue weighted by Crippen LogP contribution is 2.29. The van der Waals surface area contributed by atoms with Crippen molar-refractivity contribution in [3.8, 4) is 0 Å². The fraction of sp³-hybridized carbons (Fsp3) is 0.400. The summed E-state index contributed by atoms with van der Waals surface area (Å²) in [4.78, 5) is 5.90. The van der Waals surface area contributed by atoms with Crippen LogP contribution in [-0.4, -0.2) is 11.0 Å². The molecule has 1 heterocycles. The maximum atomic E-state index is 6.21. The number of hydrogen-bond donors (Lipinski definition) is 1. The first-order valence-corrected chi connectivity index (χ1v) is 8.16. The molecule has 0 fully saturated rings. The van der Waals surface area contributed by atoms with E-state index in [9.17, 15) is 0 Å². The molecule has 2 aromatic rings. The molecule has 1 aromatic carbocycles. The lowest BCUT2D eigenvalue weighted by atomic mass is 10.1. The maximum absolute atomic E-state index is 6.21. The fourth-order valence-electron chi connectivity index (χ4n) is 1.88. The Morgan fingerprint density at radius 3 is 2.50 bits per heavy atom. The van der Waals surface area contributed by atoms with Crippen molar-refractivity contribution < 1.29 is 0 Å². The number of rotatable bonds is 5. The van der Waals surface area contributed by atoms with Crippen molar-refractivity contribution in [1.82, 2.24) is 10.3 Å². The van der Waals surface area contributed by atoms with Crippen molar-refractivity contribution in [3.63, 3.8) is 0 Å². The lowest BCUT2D eigenvalue weighted by Crippen LogP contribution is -2.21. The number of nitrogens with zero attached hydrogens (tertiary/aromatic N) is 1. The summed E-state index contributed by atoms with van der Waals surface area (Å²) in [5, 5.41) is 5.88. The molecule has 2 rings (SSSR count). The van der Waals surface area contributed by atoms with E-state index < -0.39 is 0 Å². The van der Waals surface area contributed by atoms with E-state index in [1.807, 2.05) is 25.1 Å². The standard InChI is InChI=1S/C15H18Cl2N2S/c1-9(2)18-8-14-10(3)19-15(20-14)7-11-12(16)5-4-6-13(11)17/h4-6,9,18H,7-8H2,1-3H3. The molecule has 0 radical (unpaired) electrons. The predicted octanol–water partition coefficient (Wildman–Crippen LogP) is 4.85. The molecule has 0 bridgehead atoms. The van der Waals surface area contributed by atoms with Crippen LogP contribution in [0.3, 0.4) is 0 Å². The minimum Gasteiger partial charge on any atom is -0.310 e. The Labute approximate surface area is 134 Å². The molecule has 0 atom stereocenters. The van der Waals surface area contributed by atoms with Gasteiger partial charge in [-0.2, -0.15) is 0 Å². The van der Waals surface area contributed by atoms with Gasteiger partial charge in [0.2, 0.25) is 0 Å². The van der Waals surface area contributed by atoms with E-state index in [-0.39, 0.29) is 0 Å². The van der Waals surface area contributed by atoms with Crippen molar-refractivity contribution in [2.75, 3.05) is 0 Å². The van der Waals surface area contributed by atoms with E-state index in [0.717, 1.165) is 22.8 Å². The number of hydrogen-bond acceptors (Lipinski definition) is 3. The van der Waals surface area contributed by atoms with Crippen molar-refractivity contribution in [2.24, 2.45) is 0 Å². The molecule has 0 saturated carbocycles. The lowest BCUT2D eigenvalue weighted by molar-refractivity contribution is 0.591. The van der Waals surface area contributed by atoms with Gasteiger partial charge in [0.15, 0.2) is 0 Å². The van der Waals surface area contributed by atoms with Crippen molar-refractivity contribution in [2.45, 2.75) is 39.8 Å². The first-order valence-electron chi connectivity index (χ1n) is 6.59. The monoisotopic (exact) mass is 328 g/mol. The zero-order valence-electron chi connectivity index (χ0n) is 11.8. The third-order valence-electron chi connectivity index (χ3n) is 3.00. The Bertz CT molecular complexity index is 573. The van der Waals surface area contributed by atoms with E-state index in [0.29, 0.717) is 22.5 Å². The maximum Gasteiger partial charge on any atom is 0.0976 e. The van der Waals surface area contributed by atoms with Crippen LogP contribution in [0.1, 0.15) is 35.0 Å². The largest absolute Gasteiger partial charge is 0.310 e. The first kappa shape index (κ1) is 15.8. The summed E-state index contributed by atoms with van der Waals surface area (Å²) in [5.41, 5.74) is 2.04. The normalized spacial score (nSPS) is 11.3. The van der Waals surface area contributed by atoms with E-state index in [2.05, 4.69) is 24.1 Å². The van der Waals surface area contributed by atoms with Gasteiger partial charge >= 0.3 is 0 Å². The van der Waals surface area contributed by atoms with Crippen LogP contribution in [0.15, 0.2) is 18.2 Å². The Morgan fingerprint density at radius 1 is 1.25 bits per heavy atom. The van der Waals surface area contributed by atoms with Crippen molar-refractivity contribution in [3.05, 3.63) is 49.4 Å². The molecule has 0 saturated heterocycles. The summed E-state index contributed by atoms with van der Waals surface area (Å²) in [7, 11) is 0. The summed E-state index contributed by atoms with van der Waals surface area (Å²) < 4.78 is 0. The van der Waals surface area contributed by atoms with Crippen LogP contribution in [0.2, 0.25) is 10.0 Å². The van der Waals surface area contributed by atoms with Gasteiger partial charge in [0.05, 0.1) is 10.7 Å². The van der Waals surface area contributed by atoms with Gasteiger partial charge in [-0.15, -0.1) is 11.3 Å². The second kappa shape index (κ2) is 6.90. The van der Waals surface area contributed by atoms with E-state index in [1.165, 1.54) is 4.88 Å². The van der Waals surface area contributed by atoms with Gasteiger partial charge in [0.1, 0.15) is 0 Å². The number of aromatic nitrogens is 1. The highest BCUT2D eigenvalue weighted by Gasteiger charge is 2.12. The van der Waals surface area contributed by atoms with E-state index >= 15 is 0 Å². The van der Waals surface area contributed by atoms with E-state index in [4.69, 9.17) is 23.2 Å². The molecule has 0 spiro atoms. The molecule has 2 nitrogen and oxygen atoms in total. The Morgan fingerprint density at radius 2 is 1.90 bits per heavy atom. The van der Waals surface area contributed by atoms with Crippen LogP contribution in [0.4, 0.5) is 0 Å². The molecular formula is C15H18Cl2N2S. The minimum atomic E-state index is 0.470. The number of thiazole rings is 1. The second-order valence-corrected chi connectivity index (χ2v) is 7.01. The van der Waals surface area contributed by atoms with Gasteiger partial charge in [-0.05, 0) is 24.6 Å². The first-order chi connectivity index (χ1) is 9.47. The zero-order valence-corrected chi connectivity index (χ0v) is 14.2. The van der Waals surface area contributed by atoms with Gasteiger partial charge in [0.25, 0.3) is 0 Å². The van der Waals surface area contributed by atoms with Gasteiger partial charge in [-0.1, -0.05) is 43.1 Å². The van der Waals surface area contributed by atoms with Crippen LogP contribution >= 0.6 is 34.5 Å². The molecule has 0 aliphatic heterocycles. The van der Waals surface area contributed by atoms with Crippen LogP contribution in [0, 0.1) is 6.92 Å². The summed E-state index contributed by atoms with van der Waals surface area (Å²) in [5.74, 6) is 0. The Kier molecular flexibility index (Phi) is 5.44. The Balaban J connectivity index is 2.16. The Hall–Kier alpha value is -0.610. The SMILES string of the molecule is Cc1nc(Cc2c(Cl)cccc2Cl)sc1CNC(C)C. The summed E-state index contributed by atoms with van der Waals surface area (Å²) in [6, 6.07) is 6.06. The average Bonchev–Trinajstić information content (AvgIpc) is 2.72. The summed E-state index contributed by atoms with van der Waals surface area (Å²) in [6.07, 6.45) is 0.686. The number of nitrogens with one attached hydrogen (secondary N) is 1. The minimum absolute atomic E-state index is 0.470. The molecule has 1 aromatic heterocycles. The average molecular weight is 329 g/mol. The van der Waals surface area contributed by atoms with Crippen LogP contribution < -0.4 is 5.32 Å². The molecular weight excluding hydrogens is 311 g/mol. The third kappa shape index (κ3) is 3.95. The predicted molar refractivity (Wildman–Crippen MR) is 88.1 cm³/mol. The molecule has 0 amide bonds. The van der Waals surface area contributed by atoms with Crippen LogP contribution in [0.25, 0.3) is 0 Å². The molecule has 0 aliphatic rings. The number of aryl methyl sites for hydroxylation is 1. The van der Waals surface area contributed by atoms with Crippen LogP contribution in [-0.2, 0) is 13.0 Å². The topological polar surface area (TPSA) is 24.9 Å². The fourth-order valence-corrected chi connectivity index (χ4v) is 3.44. The molecule has 1 N–H and O–H groups in total. The molecule has 108 valence electrons. The van der Waals surface area contributed by atoms with Crippen molar-refractivity contribution in [1.29, 1.82) is 0 Å². The smallest absolute Gasteiger partial charge is 0.0976 e. The highest BCUT2D eigenvalue weighted by atomic mass is 35.5. The van der Waals surface area contributed by atoms with Gasteiger partial charge in [-0.3, -0.25) is 0 Å². The quantitative estimate of drug-likeness (QED) is 0.848. The van der Waals surface area contributed by atoms with Crippen LogP contribution in [0.5, 0.6) is 0 Å². The molecule has 0 aliphatic carbocycles. The lowest BCUT2D eigenvalue weighted by Gasteiger charge is -2.06. The zero-order chi connectivity index (χ0) is 14.7. The van der Waals surface area contributed by atoms with E-state index in [1.54, 1.807) is 11.3 Å². The second-order valence-electron chi connectivity index (χ2n) is 5.03. The number of benzene rings is 1. The summed E-state index contributed by atoms with van der Waals surface area (Å²) in [6.45, 7) is 7.19. The molecule has 0 unspecified atom stereocenters. The van der Waals surface area contributed by atoms with Gasteiger partial charge in [0, 0.05) is 33.9 Å². The van der Waals surface area contributed by atoms with Crippen molar-refractivity contribution >= 4 is 34.5 Å². The highest BCUT2D eigenvalue weighted by molar-refractivity contribution is 7.11. The van der Waals surface area contributed by atoms with Gasteiger partial charge < -0.3 is 5.32 Å². The summed E-state index contributed by atoms with van der Waals surface area (Å²) >= 11 is 14.1. The molecule has 5 heteroatoms. The number of halogens is 2. The van der Waals surface area contributed by atoms with Gasteiger partial charge in [-0.25, -0.2) is 4.98 Å². The third-order valence-corrected chi connectivity index (χ3v) is 4.86. The molecule has 20 heavy (non-hydrogen) atoms.